The average Bonchev–Trinajstić information content (AvgIpc) is 3.49. The molecule has 0 aromatic rings. The van der Waals surface area contributed by atoms with Crippen molar-refractivity contribution in [1.82, 2.24) is 15.5 Å². The van der Waals surface area contributed by atoms with E-state index in [2.05, 4.69) is 10.6 Å². The largest absolute Gasteiger partial charge is 0.449 e. The molecule has 3 heterocycles. The SMILES string of the molecule is CNC(=O)CSP(=S)(OC)OC.CO[C@@]12[C@H](COC(N)=O)C3=C(C(=O)C(C)=C(N)C3=O)N1C[C@@H]1N[C@@H]12. The molecular formula is C20H30N5O8PS2. The molecule has 1 aliphatic carbocycles. The number of nitrogens with two attached hydrogens (primary N) is 2. The minimum absolute atomic E-state index is 0.0586. The van der Waals surface area contributed by atoms with Crippen LogP contribution in [0.4, 0.5) is 4.79 Å². The summed E-state index contributed by atoms with van der Waals surface area (Å²) < 4.78 is 20.7. The van der Waals surface area contributed by atoms with Gasteiger partial charge in [0.15, 0.2) is 5.72 Å². The fraction of sp³-hybridized carbons (Fsp3) is 0.600. The van der Waals surface area contributed by atoms with Gasteiger partial charge in [-0.05, 0) is 18.7 Å². The number of methoxy groups -OCH3 is 1. The third kappa shape index (κ3) is 4.80. The summed E-state index contributed by atoms with van der Waals surface area (Å²) in [5.74, 6) is -1.15. The Bertz CT molecular complexity index is 1090. The minimum Gasteiger partial charge on any atom is -0.449 e. The fourth-order valence-corrected chi connectivity index (χ4v) is 7.41. The van der Waals surface area contributed by atoms with Crippen LogP contribution in [0.5, 0.6) is 0 Å². The quantitative estimate of drug-likeness (QED) is 0.165. The van der Waals surface area contributed by atoms with E-state index in [9.17, 15) is 19.2 Å². The number of allylic oxidation sites excluding steroid dienone is 2. The van der Waals surface area contributed by atoms with Crippen molar-refractivity contribution in [2.45, 2.75) is 24.7 Å². The molecule has 6 N–H and O–H groups in total. The second kappa shape index (κ2) is 10.8. The summed E-state index contributed by atoms with van der Waals surface area (Å²) in [4.78, 5) is 49.3. The van der Waals surface area contributed by atoms with Gasteiger partial charge in [-0.15, -0.1) is 0 Å². The summed E-state index contributed by atoms with van der Waals surface area (Å²) in [5, 5.41) is 5.76. The van der Waals surface area contributed by atoms with Crippen LogP contribution < -0.4 is 22.1 Å². The number of ketones is 2. The van der Waals surface area contributed by atoms with E-state index in [-0.39, 0.29) is 53.0 Å². The number of nitrogens with zero attached hydrogens (tertiary/aromatic N) is 1. The van der Waals surface area contributed by atoms with Crippen LogP contribution in [0.15, 0.2) is 22.5 Å². The van der Waals surface area contributed by atoms with Gasteiger partial charge in [-0.2, -0.15) is 0 Å². The molecule has 4 rings (SSSR count). The Morgan fingerprint density at radius 2 is 1.92 bits per heavy atom. The summed E-state index contributed by atoms with van der Waals surface area (Å²) in [6, 6.07) is 0.109. The Hall–Kier alpha value is -2.00. The van der Waals surface area contributed by atoms with Gasteiger partial charge in [0.1, 0.15) is 6.61 Å². The lowest BCUT2D eigenvalue weighted by atomic mass is 9.82. The number of ether oxygens (including phenoxy) is 2. The van der Waals surface area contributed by atoms with Crippen LogP contribution in [0.3, 0.4) is 0 Å². The minimum atomic E-state index is -2.26. The van der Waals surface area contributed by atoms with Crippen LogP contribution in [0, 0.1) is 5.92 Å². The molecule has 2 fully saturated rings. The van der Waals surface area contributed by atoms with Crippen molar-refractivity contribution < 1.29 is 37.7 Å². The zero-order valence-electron chi connectivity index (χ0n) is 20.5. The van der Waals surface area contributed by atoms with Crippen molar-refractivity contribution in [2.24, 2.45) is 17.4 Å². The van der Waals surface area contributed by atoms with E-state index >= 15 is 0 Å². The highest BCUT2D eigenvalue weighted by Gasteiger charge is 2.72. The molecule has 3 aliphatic heterocycles. The predicted molar refractivity (Wildman–Crippen MR) is 135 cm³/mol. The highest BCUT2D eigenvalue weighted by atomic mass is 32.9. The maximum Gasteiger partial charge on any atom is 0.404 e. The van der Waals surface area contributed by atoms with Gasteiger partial charge in [0.05, 0.1) is 29.1 Å². The first-order valence-corrected chi connectivity index (χ1v) is 15.0. The molecule has 0 unspecified atom stereocenters. The lowest BCUT2D eigenvalue weighted by Gasteiger charge is -2.39. The third-order valence-corrected chi connectivity index (χ3v) is 12.2. The van der Waals surface area contributed by atoms with Crippen LogP contribution in [-0.2, 0) is 44.7 Å². The number of piperazine rings is 1. The van der Waals surface area contributed by atoms with E-state index in [4.69, 9.17) is 41.8 Å². The zero-order chi connectivity index (χ0) is 27.0. The Kier molecular flexibility index (Phi) is 8.55. The highest BCUT2D eigenvalue weighted by Crippen LogP contribution is 2.59. The Morgan fingerprint density at radius 3 is 2.44 bits per heavy atom. The number of Topliss-reactive ketones (excluding diaryl/α,β-unsaturated/α-hetero) is 2. The lowest BCUT2D eigenvalue weighted by Crippen LogP contribution is -2.55. The monoisotopic (exact) mass is 563 g/mol. The normalized spacial score (nSPS) is 28.2. The van der Waals surface area contributed by atoms with Gasteiger partial charge in [-0.1, -0.05) is 11.4 Å². The van der Waals surface area contributed by atoms with Crippen molar-refractivity contribution >= 4 is 52.4 Å². The van der Waals surface area contributed by atoms with Gasteiger partial charge in [0, 0.05) is 52.1 Å². The number of carbonyl (C=O) groups excluding carboxylic acids is 4. The van der Waals surface area contributed by atoms with Crippen LogP contribution in [0.2, 0.25) is 0 Å². The third-order valence-electron chi connectivity index (χ3n) is 6.55. The van der Waals surface area contributed by atoms with Gasteiger partial charge in [0.25, 0.3) is 0 Å². The first-order valence-electron chi connectivity index (χ1n) is 10.8. The lowest BCUT2D eigenvalue weighted by molar-refractivity contribution is -0.137. The molecule has 2 amide bonds. The van der Waals surface area contributed by atoms with E-state index in [0.717, 1.165) is 0 Å². The maximum atomic E-state index is 12.8. The number of amides is 2. The first-order chi connectivity index (χ1) is 16.9. The van der Waals surface area contributed by atoms with Gasteiger partial charge < -0.3 is 45.5 Å². The molecule has 0 aromatic heterocycles. The van der Waals surface area contributed by atoms with E-state index < -0.39 is 29.2 Å². The summed E-state index contributed by atoms with van der Waals surface area (Å²) in [5.41, 5.74) is 8.41. The fourth-order valence-electron chi connectivity index (χ4n) is 4.70. The zero-order valence-corrected chi connectivity index (χ0v) is 23.0. The molecular weight excluding hydrogens is 533 g/mol. The molecule has 0 saturated carbocycles. The number of hydrogen-bond acceptors (Lipinski definition) is 13. The van der Waals surface area contributed by atoms with Gasteiger partial charge in [-0.3, -0.25) is 14.4 Å². The van der Waals surface area contributed by atoms with Crippen LogP contribution >= 0.6 is 17.1 Å². The second-order valence-electron chi connectivity index (χ2n) is 8.22. The van der Waals surface area contributed by atoms with Crippen molar-refractivity contribution in [3.8, 4) is 0 Å². The molecule has 0 bridgehead atoms. The Balaban J connectivity index is 0.000000257. The molecule has 16 heteroatoms. The predicted octanol–water partition coefficient (Wildman–Crippen LogP) is -0.668. The molecule has 0 radical (unpaired) electrons. The van der Waals surface area contributed by atoms with Crippen molar-refractivity contribution in [2.75, 3.05) is 47.3 Å². The molecule has 4 atom stereocenters. The number of rotatable bonds is 8. The molecule has 200 valence electrons. The molecule has 13 nitrogen and oxygen atoms in total. The summed E-state index contributed by atoms with van der Waals surface area (Å²) in [6.07, 6.45) is -0.950. The standard InChI is InChI=1S/C15H18N4O5.C5H12NO3PS2/c1-5-9(16)12(21)8-6(4-24-14(17)22)15(23-2)13-7(18-13)3-19(15)10(8)11(5)20;1-6-5(7)4-12-10(11,8-2)9-3/h6-7,13,18H,3-4,16H2,1-2H3,(H2,17,22);4H2,1-3H3,(H,6,7)/t6-,7+,13+,15-;/m1./s1. The van der Waals surface area contributed by atoms with Crippen LogP contribution in [0.25, 0.3) is 0 Å². The molecule has 2 saturated heterocycles. The smallest absolute Gasteiger partial charge is 0.404 e. The van der Waals surface area contributed by atoms with Crippen LogP contribution in [0.1, 0.15) is 6.92 Å². The Labute approximate surface area is 217 Å². The molecule has 0 aromatic carbocycles. The van der Waals surface area contributed by atoms with E-state index in [1.54, 1.807) is 7.05 Å². The maximum absolute atomic E-state index is 12.8. The van der Waals surface area contributed by atoms with Gasteiger partial charge in [0.2, 0.25) is 23.2 Å². The first kappa shape index (κ1) is 28.6. The number of fused-ring (bicyclic) bond motifs is 4. The van der Waals surface area contributed by atoms with E-state index in [0.29, 0.717) is 12.2 Å². The molecule has 0 spiro atoms. The van der Waals surface area contributed by atoms with Crippen molar-refractivity contribution in [1.29, 1.82) is 0 Å². The van der Waals surface area contributed by atoms with Gasteiger partial charge >= 0.3 is 6.09 Å². The average molecular weight is 564 g/mol. The summed E-state index contributed by atoms with van der Waals surface area (Å²) in [6.45, 7) is 1.92. The number of carbonyl (C=O) groups is 4. The number of hydrogen-bond donors (Lipinski definition) is 4. The Morgan fingerprint density at radius 1 is 1.28 bits per heavy atom. The summed E-state index contributed by atoms with van der Waals surface area (Å²) >= 11 is 6.25. The number of primary amides is 1. The van der Waals surface area contributed by atoms with Crippen molar-refractivity contribution in [3.05, 3.63) is 22.5 Å². The van der Waals surface area contributed by atoms with E-state index in [1.807, 2.05) is 4.90 Å². The van der Waals surface area contributed by atoms with E-state index in [1.165, 1.54) is 39.6 Å². The highest BCUT2D eigenvalue weighted by molar-refractivity contribution is 8.68. The summed E-state index contributed by atoms with van der Waals surface area (Å²) in [7, 11) is 6.07. The molecule has 36 heavy (non-hydrogen) atoms. The van der Waals surface area contributed by atoms with Crippen molar-refractivity contribution in [3.63, 3.8) is 0 Å². The molecule has 4 aliphatic rings. The number of nitrogens with one attached hydrogen (secondary N) is 2. The topological polar surface area (TPSA) is 194 Å². The second-order valence-corrected chi connectivity index (χ2v) is 14.7. The van der Waals surface area contributed by atoms with Crippen LogP contribution in [-0.4, -0.2) is 93.6 Å². The van der Waals surface area contributed by atoms with Gasteiger partial charge in [-0.25, -0.2) is 4.79 Å².